The molecule has 5 heteroatoms. The zero-order chi connectivity index (χ0) is 16.1. The van der Waals surface area contributed by atoms with Gasteiger partial charge in [-0.25, -0.2) is 4.98 Å². The Bertz CT molecular complexity index is 661. The van der Waals surface area contributed by atoms with Crippen molar-refractivity contribution in [2.24, 2.45) is 5.92 Å². The second-order valence-electron chi connectivity index (χ2n) is 5.96. The summed E-state index contributed by atoms with van der Waals surface area (Å²) in [5.74, 6) is 2.11. The number of carbonyl (C=O) groups excluding carboxylic acids is 1. The molecule has 3 rings (SSSR count). The van der Waals surface area contributed by atoms with Crippen LogP contribution in [0.25, 0.3) is 11.0 Å². The van der Waals surface area contributed by atoms with Crippen molar-refractivity contribution in [3.8, 4) is 0 Å². The van der Waals surface area contributed by atoms with Crippen molar-refractivity contribution < 1.29 is 4.79 Å². The standard InChI is InChI=1S/C18H23N3OS/c1-23-12-11-16(21-18(22)13-7-3-2-4-8-13)17-19-14-9-5-6-10-15(14)20-17/h2-3,5-6,9-10,13,16H,4,7-8,11-12H2,1H3,(H,19,20)(H,21,22)/t13-,16-/m0/s1. The number of rotatable bonds is 6. The number of nitrogens with one attached hydrogen (secondary N) is 2. The Morgan fingerprint density at radius 3 is 3.04 bits per heavy atom. The Morgan fingerprint density at radius 2 is 2.30 bits per heavy atom. The number of aromatic amines is 1. The van der Waals surface area contributed by atoms with Crippen LogP contribution in [0.1, 0.15) is 37.5 Å². The minimum Gasteiger partial charge on any atom is -0.346 e. The Morgan fingerprint density at radius 1 is 1.43 bits per heavy atom. The van der Waals surface area contributed by atoms with Crippen LogP contribution >= 0.6 is 11.8 Å². The van der Waals surface area contributed by atoms with Gasteiger partial charge in [0.25, 0.3) is 0 Å². The predicted octanol–water partition coefficient (Wildman–Crippen LogP) is 3.83. The molecule has 0 saturated heterocycles. The van der Waals surface area contributed by atoms with Crippen molar-refractivity contribution >= 4 is 28.7 Å². The van der Waals surface area contributed by atoms with Crippen LogP contribution in [0, 0.1) is 5.92 Å². The molecule has 0 spiro atoms. The molecule has 4 nitrogen and oxygen atoms in total. The van der Waals surface area contributed by atoms with E-state index in [1.807, 2.05) is 24.3 Å². The first-order valence-electron chi connectivity index (χ1n) is 8.17. The molecule has 0 fully saturated rings. The molecule has 1 aliphatic rings. The van der Waals surface area contributed by atoms with E-state index in [9.17, 15) is 4.79 Å². The number of hydrogen-bond donors (Lipinski definition) is 2. The van der Waals surface area contributed by atoms with Crippen molar-refractivity contribution in [2.75, 3.05) is 12.0 Å². The molecule has 1 amide bonds. The van der Waals surface area contributed by atoms with Crippen molar-refractivity contribution in [1.82, 2.24) is 15.3 Å². The summed E-state index contributed by atoms with van der Waals surface area (Å²) in [6, 6.07) is 7.94. The maximum Gasteiger partial charge on any atom is 0.224 e. The van der Waals surface area contributed by atoms with Gasteiger partial charge in [0.15, 0.2) is 0 Å². The maximum atomic E-state index is 12.6. The number of carbonyl (C=O) groups is 1. The highest BCUT2D eigenvalue weighted by Crippen LogP contribution is 2.23. The molecule has 122 valence electrons. The molecule has 0 radical (unpaired) electrons. The Kier molecular flexibility index (Phi) is 5.39. The van der Waals surface area contributed by atoms with Crippen molar-refractivity contribution in [1.29, 1.82) is 0 Å². The summed E-state index contributed by atoms with van der Waals surface area (Å²) in [5, 5.41) is 3.22. The lowest BCUT2D eigenvalue weighted by atomic mass is 9.93. The number of fused-ring (bicyclic) bond motifs is 1. The molecule has 0 unspecified atom stereocenters. The van der Waals surface area contributed by atoms with Crippen LogP contribution in [0.4, 0.5) is 0 Å². The summed E-state index contributed by atoms with van der Waals surface area (Å²) in [5.41, 5.74) is 1.97. The van der Waals surface area contributed by atoms with E-state index in [0.717, 1.165) is 48.3 Å². The van der Waals surface area contributed by atoms with Crippen LogP contribution in [-0.4, -0.2) is 27.9 Å². The fourth-order valence-corrected chi connectivity index (χ4v) is 3.44. The largest absolute Gasteiger partial charge is 0.346 e. The molecule has 2 N–H and O–H groups in total. The Balaban J connectivity index is 1.76. The third-order valence-electron chi connectivity index (χ3n) is 4.30. The van der Waals surface area contributed by atoms with E-state index in [0.29, 0.717) is 0 Å². The summed E-state index contributed by atoms with van der Waals surface area (Å²) >= 11 is 1.79. The lowest BCUT2D eigenvalue weighted by molar-refractivity contribution is -0.126. The number of aromatic nitrogens is 2. The fourth-order valence-electron chi connectivity index (χ4n) is 2.97. The monoisotopic (exact) mass is 329 g/mol. The summed E-state index contributed by atoms with van der Waals surface area (Å²) in [6.07, 6.45) is 10.0. The average molecular weight is 329 g/mol. The first kappa shape index (κ1) is 16.1. The third-order valence-corrected chi connectivity index (χ3v) is 4.95. The van der Waals surface area contributed by atoms with Gasteiger partial charge in [-0.05, 0) is 49.8 Å². The van der Waals surface area contributed by atoms with Crippen LogP contribution in [0.15, 0.2) is 36.4 Å². The smallest absolute Gasteiger partial charge is 0.224 e. The molecule has 1 heterocycles. The van der Waals surface area contributed by atoms with Crippen LogP contribution in [-0.2, 0) is 4.79 Å². The lowest BCUT2D eigenvalue weighted by Crippen LogP contribution is -2.35. The van der Waals surface area contributed by atoms with E-state index < -0.39 is 0 Å². The Hall–Kier alpha value is -1.75. The molecule has 2 aromatic rings. The first-order chi connectivity index (χ1) is 11.3. The highest BCUT2D eigenvalue weighted by molar-refractivity contribution is 7.98. The summed E-state index contributed by atoms with van der Waals surface area (Å²) in [6.45, 7) is 0. The number of benzene rings is 1. The van der Waals surface area contributed by atoms with Crippen molar-refractivity contribution in [3.63, 3.8) is 0 Å². The average Bonchev–Trinajstić information content (AvgIpc) is 3.03. The van der Waals surface area contributed by atoms with E-state index in [1.54, 1.807) is 11.8 Å². The van der Waals surface area contributed by atoms with Crippen LogP contribution < -0.4 is 5.32 Å². The normalized spacial score (nSPS) is 18.9. The van der Waals surface area contributed by atoms with Gasteiger partial charge in [-0.3, -0.25) is 4.79 Å². The van der Waals surface area contributed by atoms with Gasteiger partial charge in [0.1, 0.15) is 5.82 Å². The summed E-state index contributed by atoms with van der Waals surface area (Å²) < 4.78 is 0. The number of thioether (sulfide) groups is 1. The zero-order valence-electron chi connectivity index (χ0n) is 13.4. The number of amides is 1. The lowest BCUT2D eigenvalue weighted by Gasteiger charge is -2.22. The SMILES string of the molecule is CSCC[C@H](NC(=O)[C@H]1CC=CCC1)c1nc2ccccc2[nH]1. The third kappa shape index (κ3) is 3.96. The minimum absolute atomic E-state index is 0.0479. The molecule has 0 aliphatic heterocycles. The molecule has 2 atom stereocenters. The predicted molar refractivity (Wildman–Crippen MR) is 96.5 cm³/mol. The van der Waals surface area contributed by atoms with Gasteiger partial charge in [0.2, 0.25) is 5.91 Å². The highest BCUT2D eigenvalue weighted by Gasteiger charge is 2.24. The summed E-state index contributed by atoms with van der Waals surface area (Å²) in [7, 11) is 0. The van der Waals surface area contributed by atoms with Crippen LogP contribution in [0.2, 0.25) is 0 Å². The van der Waals surface area contributed by atoms with Crippen molar-refractivity contribution in [2.45, 2.75) is 31.7 Å². The molecule has 1 aromatic heterocycles. The second-order valence-corrected chi connectivity index (χ2v) is 6.95. The van der Waals surface area contributed by atoms with Gasteiger partial charge in [0, 0.05) is 5.92 Å². The molecule has 23 heavy (non-hydrogen) atoms. The van der Waals surface area contributed by atoms with Crippen LogP contribution in [0.5, 0.6) is 0 Å². The molecule has 1 aliphatic carbocycles. The second kappa shape index (κ2) is 7.68. The van der Waals surface area contributed by atoms with Gasteiger partial charge < -0.3 is 10.3 Å². The molecule has 1 aromatic carbocycles. The number of para-hydroxylation sites is 2. The quantitative estimate of drug-likeness (QED) is 0.792. The number of nitrogens with zero attached hydrogens (tertiary/aromatic N) is 1. The van der Waals surface area contributed by atoms with E-state index in [2.05, 4.69) is 33.7 Å². The highest BCUT2D eigenvalue weighted by atomic mass is 32.2. The topological polar surface area (TPSA) is 57.8 Å². The zero-order valence-corrected chi connectivity index (χ0v) is 14.2. The van der Waals surface area contributed by atoms with Gasteiger partial charge >= 0.3 is 0 Å². The van der Waals surface area contributed by atoms with E-state index in [4.69, 9.17) is 0 Å². The first-order valence-corrected chi connectivity index (χ1v) is 9.56. The molecular formula is C18H23N3OS. The van der Waals surface area contributed by atoms with Gasteiger partial charge in [-0.15, -0.1) is 0 Å². The number of allylic oxidation sites excluding steroid dienone is 2. The maximum absolute atomic E-state index is 12.6. The van der Waals surface area contributed by atoms with E-state index >= 15 is 0 Å². The fraction of sp³-hybridized carbons (Fsp3) is 0.444. The molecule has 0 bridgehead atoms. The molecular weight excluding hydrogens is 306 g/mol. The van der Waals surface area contributed by atoms with Crippen molar-refractivity contribution in [3.05, 3.63) is 42.2 Å². The van der Waals surface area contributed by atoms with Gasteiger partial charge in [-0.2, -0.15) is 11.8 Å². The number of H-pyrrole nitrogens is 1. The van der Waals surface area contributed by atoms with E-state index in [1.165, 1.54) is 0 Å². The van der Waals surface area contributed by atoms with Crippen LogP contribution in [0.3, 0.4) is 0 Å². The number of imidazole rings is 1. The molecule has 0 saturated carbocycles. The van der Waals surface area contributed by atoms with E-state index in [-0.39, 0.29) is 17.9 Å². The van der Waals surface area contributed by atoms with Gasteiger partial charge in [-0.1, -0.05) is 24.3 Å². The number of hydrogen-bond acceptors (Lipinski definition) is 3. The van der Waals surface area contributed by atoms with Gasteiger partial charge in [0.05, 0.1) is 17.1 Å². The summed E-state index contributed by atoms with van der Waals surface area (Å²) in [4.78, 5) is 20.6. The Labute approximate surface area is 141 Å². The minimum atomic E-state index is -0.0479.